The minimum Gasteiger partial charge on any atom is -0.341 e. The van der Waals surface area contributed by atoms with Crippen molar-refractivity contribution in [3.63, 3.8) is 0 Å². The second kappa shape index (κ2) is 9.31. The Kier molecular flexibility index (Phi) is 6.34. The number of anilines is 1. The lowest BCUT2D eigenvalue weighted by atomic mass is 9.91. The van der Waals surface area contributed by atoms with E-state index in [0.717, 1.165) is 50.0 Å². The predicted molar refractivity (Wildman–Crippen MR) is 114 cm³/mol. The molecule has 6 nitrogen and oxygen atoms in total. The molecule has 0 unspecified atom stereocenters. The Balaban J connectivity index is 1.29. The van der Waals surface area contributed by atoms with Gasteiger partial charge in [0.25, 0.3) is 0 Å². The number of piperidine rings is 1. The minimum absolute atomic E-state index is 0.0112. The predicted octanol–water partition coefficient (Wildman–Crippen LogP) is 3.68. The minimum atomic E-state index is -0.118. The van der Waals surface area contributed by atoms with E-state index in [4.69, 9.17) is 0 Å². The Labute approximate surface area is 174 Å². The van der Waals surface area contributed by atoms with Crippen LogP contribution in [0.25, 0.3) is 6.08 Å². The van der Waals surface area contributed by atoms with Crippen molar-refractivity contribution in [1.29, 1.82) is 0 Å². The molecule has 2 saturated heterocycles. The van der Waals surface area contributed by atoms with Gasteiger partial charge in [-0.25, -0.2) is 9.97 Å². The molecular formula is C22H24N4O2S. The van der Waals surface area contributed by atoms with E-state index in [1.54, 1.807) is 18.3 Å². The fourth-order valence-electron chi connectivity index (χ4n) is 3.84. The van der Waals surface area contributed by atoms with Gasteiger partial charge in [0.2, 0.25) is 11.1 Å². The molecule has 4 rings (SSSR count). The van der Waals surface area contributed by atoms with E-state index >= 15 is 0 Å². The van der Waals surface area contributed by atoms with Crippen LogP contribution in [0, 0.1) is 5.92 Å². The zero-order valence-corrected chi connectivity index (χ0v) is 17.1. The van der Waals surface area contributed by atoms with Crippen molar-refractivity contribution >= 4 is 34.7 Å². The molecule has 29 heavy (non-hydrogen) atoms. The molecule has 2 aliphatic rings. The summed E-state index contributed by atoms with van der Waals surface area (Å²) in [6.07, 6.45) is 13.0. The number of ketones is 1. The van der Waals surface area contributed by atoms with Gasteiger partial charge in [-0.1, -0.05) is 6.07 Å². The summed E-state index contributed by atoms with van der Waals surface area (Å²) in [5, 5.41) is -0.0962. The number of carbonyl (C=O) groups is 2. The van der Waals surface area contributed by atoms with Crippen molar-refractivity contribution < 1.29 is 9.59 Å². The van der Waals surface area contributed by atoms with E-state index < -0.39 is 0 Å². The van der Waals surface area contributed by atoms with Crippen molar-refractivity contribution in [2.75, 3.05) is 18.0 Å². The van der Waals surface area contributed by atoms with Gasteiger partial charge in [0.1, 0.15) is 0 Å². The maximum atomic E-state index is 11.8. The molecule has 0 amide bonds. The van der Waals surface area contributed by atoms with Crippen LogP contribution in [0.15, 0.2) is 41.7 Å². The summed E-state index contributed by atoms with van der Waals surface area (Å²) in [5.74, 6) is 1.33. The number of allylic oxidation sites excluding steroid dienone is 1. The first kappa shape index (κ1) is 19.8. The first-order valence-electron chi connectivity index (χ1n) is 10.1. The monoisotopic (exact) mass is 408 g/mol. The number of thioether (sulfide) groups is 1. The average molecular weight is 409 g/mol. The van der Waals surface area contributed by atoms with Crippen molar-refractivity contribution in [3.05, 3.63) is 53.0 Å². The lowest BCUT2D eigenvalue weighted by Crippen LogP contribution is -2.35. The van der Waals surface area contributed by atoms with Crippen LogP contribution < -0.4 is 4.90 Å². The van der Waals surface area contributed by atoms with E-state index in [-0.39, 0.29) is 17.3 Å². The third-order valence-electron chi connectivity index (χ3n) is 5.44. The molecule has 2 aromatic rings. The summed E-state index contributed by atoms with van der Waals surface area (Å²) in [4.78, 5) is 39.1. The molecular weight excluding hydrogens is 384 g/mol. The Morgan fingerprint density at radius 2 is 2.03 bits per heavy atom. The highest BCUT2D eigenvalue weighted by Gasteiger charge is 2.26. The number of pyridine rings is 1. The van der Waals surface area contributed by atoms with Crippen LogP contribution in [0.2, 0.25) is 0 Å². The SMILES string of the molecule is O=C1CC(=O)/C(=C/c2ccnc(N3CCC(CCCc4cccnc4)CC3)n2)S1. The lowest BCUT2D eigenvalue weighted by Gasteiger charge is -2.32. The number of nitrogens with zero attached hydrogens (tertiary/aromatic N) is 4. The fourth-order valence-corrected chi connectivity index (χ4v) is 4.65. The van der Waals surface area contributed by atoms with Crippen LogP contribution >= 0.6 is 11.8 Å². The van der Waals surface area contributed by atoms with Crippen molar-refractivity contribution in [2.45, 2.75) is 38.5 Å². The fraction of sp³-hybridized carbons (Fsp3) is 0.409. The van der Waals surface area contributed by atoms with Gasteiger partial charge in [0.15, 0.2) is 5.78 Å². The van der Waals surface area contributed by atoms with Gasteiger partial charge >= 0.3 is 0 Å². The van der Waals surface area contributed by atoms with Crippen LogP contribution in [-0.2, 0) is 16.0 Å². The van der Waals surface area contributed by atoms with Gasteiger partial charge in [0, 0.05) is 31.7 Å². The summed E-state index contributed by atoms with van der Waals surface area (Å²) in [5.41, 5.74) is 1.99. The van der Waals surface area contributed by atoms with E-state index in [2.05, 4.69) is 25.9 Å². The number of rotatable bonds is 6. The molecule has 0 saturated carbocycles. The summed E-state index contributed by atoms with van der Waals surface area (Å²) < 4.78 is 0. The highest BCUT2D eigenvalue weighted by Crippen LogP contribution is 2.30. The molecule has 0 spiro atoms. The van der Waals surface area contributed by atoms with Gasteiger partial charge in [-0.05, 0) is 73.6 Å². The number of aromatic nitrogens is 3. The largest absolute Gasteiger partial charge is 0.341 e. The zero-order chi connectivity index (χ0) is 20.1. The van der Waals surface area contributed by atoms with Crippen molar-refractivity contribution in [1.82, 2.24) is 15.0 Å². The first-order chi connectivity index (χ1) is 14.2. The third-order valence-corrected chi connectivity index (χ3v) is 6.38. The van der Waals surface area contributed by atoms with Gasteiger partial charge in [0.05, 0.1) is 17.0 Å². The molecule has 2 aromatic heterocycles. The average Bonchev–Trinajstić information content (AvgIpc) is 3.06. The summed E-state index contributed by atoms with van der Waals surface area (Å²) in [6, 6.07) is 5.91. The molecule has 0 N–H and O–H groups in total. The van der Waals surface area contributed by atoms with Crippen LogP contribution in [0.4, 0.5) is 5.95 Å². The smallest absolute Gasteiger partial charge is 0.225 e. The zero-order valence-electron chi connectivity index (χ0n) is 16.3. The van der Waals surface area contributed by atoms with E-state index in [0.29, 0.717) is 16.5 Å². The molecule has 2 fully saturated rings. The van der Waals surface area contributed by atoms with E-state index in [1.165, 1.54) is 18.4 Å². The second-order valence-corrected chi connectivity index (χ2v) is 8.65. The van der Waals surface area contributed by atoms with Gasteiger partial charge in [-0.15, -0.1) is 0 Å². The van der Waals surface area contributed by atoms with Crippen LogP contribution in [0.5, 0.6) is 0 Å². The van der Waals surface area contributed by atoms with Crippen LogP contribution in [-0.4, -0.2) is 38.9 Å². The number of Topliss-reactive ketones (excluding diaryl/α,β-unsaturated/α-hetero) is 1. The quantitative estimate of drug-likeness (QED) is 0.533. The lowest BCUT2D eigenvalue weighted by molar-refractivity contribution is -0.119. The number of carbonyl (C=O) groups excluding carboxylic acids is 2. The molecule has 150 valence electrons. The van der Waals surface area contributed by atoms with Gasteiger partial charge in [-0.2, -0.15) is 0 Å². The topological polar surface area (TPSA) is 76.1 Å². The Morgan fingerprint density at radius 3 is 2.76 bits per heavy atom. The van der Waals surface area contributed by atoms with Crippen LogP contribution in [0.3, 0.4) is 0 Å². The highest BCUT2D eigenvalue weighted by molar-refractivity contribution is 8.18. The van der Waals surface area contributed by atoms with Gasteiger partial charge < -0.3 is 4.90 Å². The molecule has 0 atom stereocenters. The molecule has 0 bridgehead atoms. The molecule has 4 heterocycles. The summed E-state index contributed by atoms with van der Waals surface area (Å²) in [6.45, 7) is 1.90. The maximum absolute atomic E-state index is 11.8. The normalized spacial score (nSPS) is 19.3. The maximum Gasteiger partial charge on any atom is 0.225 e. The Bertz CT molecular complexity index is 908. The second-order valence-electron chi connectivity index (χ2n) is 7.55. The van der Waals surface area contributed by atoms with Crippen molar-refractivity contribution in [3.8, 4) is 0 Å². The summed E-state index contributed by atoms with van der Waals surface area (Å²) >= 11 is 1.01. The highest BCUT2D eigenvalue weighted by atomic mass is 32.2. The third kappa shape index (κ3) is 5.29. The van der Waals surface area contributed by atoms with E-state index in [1.807, 2.05) is 18.5 Å². The molecule has 0 aliphatic carbocycles. The van der Waals surface area contributed by atoms with Crippen molar-refractivity contribution in [2.24, 2.45) is 5.92 Å². The molecule has 0 aromatic carbocycles. The number of hydrogen-bond acceptors (Lipinski definition) is 7. The standard InChI is InChI=1S/C22H24N4O2S/c27-19-14-21(28)29-20(19)13-18-6-10-24-22(25-18)26-11-7-16(8-12-26)3-1-4-17-5-2-9-23-15-17/h2,5-6,9-10,13,15-16H,1,3-4,7-8,11-12,14H2/b20-13-. The molecule has 7 heteroatoms. The van der Waals surface area contributed by atoms with Crippen LogP contribution in [0.1, 0.15) is 43.4 Å². The Morgan fingerprint density at radius 1 is 1.17 bits per heavy atom. The first-order valence-corrected chi connectivity index (χ1v) is 10.9. The Hall–Kier alpha value is -2.54. The molecule has 2 aliphatic heterocycles. The van der Waals surface area contributed by atoms with E-state index in [9.17, 15) is 9.59 Å². The molecule has 0 radical (unpaired) electrons. The van der Waals surface area contributed by atoms with Gasteiger partial charge in [-0.3, -0.25) is 14.6 Å². The summed E-state index contributed by atoms with van der Waals surface area (Å²) in [7, 11) is 0. The number of aryl methyl sites for hydroxylation is 1. The number of hydrogen-bond donors (Lipinski definition) is 0.